The summed E-state index contributed by atoms with van der Waals surface area (Å²) in [5.74, 6) is 0. The number of carbonyl (C=O) groups is 1. The highest BCUT2D eigenvalue weighted by molar-refractivity contribution is 5.78. The van der Waals surface area contributed by atoms with Gasteiger partial charge in [0.15, 0.2) is 0 Å². The molecule has 0 saturated carbocycles. The lowest BCUT2D eigenvalue weighted by atomic mass is 9.98. The monoisotopic (exact) mass is 252 g/mol. The summed E-state index contributed by atoms with van der Waals surface area (Å²) >= 11 is 0. The van der Waals surface area contributed by atoms with Crippen LogP contribution >= 0.6 is 0 Å². The average Bonchev–Trinajstić information content (AvgIpc) is 2.62. The molecule has 1 saturated heterocycles. The molecule has 2 amide bonds. The number of rotatable bonds is 4. The van der Waals surface area contributed by atoms with E-state index < -0.39 is 0 Å². The third-order valence-electron chi connectivity index (χ3n) is 2.85. The second-order valence-electron chi connectivity index (χ2n) is 4.05. The molecule has 2 aliphatic heterocycles. The lowest BCUT2D eigenvalue weighted by Gasteiger charge is -2.24. The first-order valence-electron chi connectivity index (χ1n) is 5.77. The highest BCUT2D eigenvalue weighted by Gasteiger charge is 2.42. The third-order valence-corrected chi connectivity index (χ3v) is 2.85. The Morgan fingerprint density at radius 2 is 2.33 bits per heavy atom. The molecule has 1 unspecified atom stereocenters. The first-order valence-corrected chi connectivity index (χ1v) is 5.77. The fourth-order valence-electron chi connectivity index (χ4n) is 2.09. The first kappa shape index (κ1) is 14.5. The standard InChI is InChI=1S/C12H16N2O2.CH4O/c1-4-7-16-14-11-8-13(12(14)15)6-5-10(11)9(2)3;1-2/h4-5,11H,1-2,6-8H2,3H3;2H,1H3. The molecule has 0 aromatic heterocycles. The number of aliphatic hydroxyl groups excluding tert-OH is 1. The van der Waals surface area contributed by atoms with E-state index in [0.29, 0.717) is 19.7 Å². The van der Waals surface area contributed by atoms with Crippen LogP contribution in [0.2, 0.25) is 0 Å². The molecule has 1 atom stereocenters. The van der Waals surface area contributed by atoms with Gasteiger partial charge in [-0.25, -0.2) is 4.79 Å². The number of amides is 2. The largest absolute Gasteiger partial charge is 0.400 e. The summed E-state index contributed by atoms with van der Waals surface area (Å²) in [6.07, 6.45) is 3.68. The molecule has 0 aromatic carbocycles. The van der Waals surface area contributed by atoms with E-state index in [9.17, 15) is 4.79 Å². The molecular weight excluding hydrogens is 232 g/mol. The summed E-state index contributed by atoms with van der Waals surface area (Å²) in [4.78, 5) is 19.1. The van der Waals surface area contributed by atoms with E-state index in [-0.39, 0.29) is 12.1 Å². The van der Waals surface area contributed by atoms with Crippen LogP contribution in [-0.4, -0.2) is 53.9 Å². The van der Waals surface area contributed by atoms with Gasteiger partial charge in [0.1, 0.15) is 6.04 Å². The van der Waals surface area contributed by atoms with Crippen LogP contribution in [0.25, 0.3) is 0 Å². The molecule has 2 aliphatic rings. The number of nitrogens with zero attached hydrogens (tertiary/aromatic N) is 2. The lowest BCUT2D eigenvalue weighted by molar-refractivity contribution is -0.109. The van der Waals surface area contributed by atoms with Gasteiger partial charge in [-0.3, -0.25) is 4.84 Å². The van der Waals surface area contributed by atoms with Crippen molar-refractivity contribution in [1.82, 2.24) is 9.96 Å². The number of carbonyl (C=O) groups excluding carboxylic acids is 1. The van der Waals surface area contributed by atoms with E-state index in [2.05, 4.69) is 13.2 Å². The van der Waals surface area contributed by atoms with Gasteiger partial charge in [0.2, 0.25) is 0 Å². The Balaban J connectivity index is 0.000000771. The summed E-state index contributed by atoms with van der Waals surface area (Å²) in [5, 5.41) is 8.44. The number of hydrogen-bond donors (Lipinski definition) is 1. The second kappa shape index (κ2) is 6.37. The normalized spacial score (nSPS) is 21.2. The SMILES string of the molecule is C=CCON1C(=O)N2CC=C(C(=C)C)C1C2.CO. The van der Waals surface area contributed by atoms with Crippen molar-refractivity contribution in [3.63, 3.8) is 0 Å². The molecule has 18 heavy (non-hydrogen) atoms. The van der Waals surface area contributed by atoms with Gasteiger partial charge < -0.3 is 10.0 Å². The van der Waals surface area contributed by atoms with Crippen LogP contribution in [-0.2, 0) is 4.84 Å². The Morgan fingerprint density at radius 3 is 2.89 bits per heavy atom. The van der Waals surface area contributed by atoms with Gasteiger partial charge in [0, 0.05) is 13.7 Å². The van der Waals surface area contributed by atoms with Gasteiger partial charge in [-0.1, -0.05) is 24.3 Å². The van der Waals surface area contributed by atoms with Gasteiger partial charge in [0.25, 0.3) is 0 Å². The summed E-state index contributed by atoms with van der Waals surface area (Å²) in [5.41, 5.74) is 2.10. The summed E-state index contributed by atoms with van der Waals surface area (Å²) in [6.45, 7) is 11.1. The quantitative estimate of drug-likeness (QED) is 0.768. The van der Waals surface area contributed by atoms with E-state index in [4.69, 9.17) is 9.94 Å². The summed E-state index contributed by atoms with van der Waals surface area (Å²) in [6, 6.07) is -0.0851. The van der Waals surface area contributed by atoms with Crippen LogP contribution in [0.3, 0.4) is 0 Å². The van der Waals surface area contributed by atoms with Crippen molar-refractivity contribution in [3.8, 4) is 0 Å². The van der Waals surface area contributed by atoms with Gasteiger partial charge >= 0.3 is 6.03 Å². The van der Waals surface area contributed by atoms with Crippen molar-refractivity contribution in [2.45, 2.75) is 13.0 Å². The van der Waals surface area contributed by atoms with Gasteiger partial charge in [-0.2, -0.15) is 5.06 Å². The van der Waals surface area contributed by atoms with Crippen molar-refractivity contribution in [2.24, 2.45) is 0 Å². The van der Waals surface area contributed by atoms with Crippen LogP contribution in [0.4, 0.5) is 4.79 Å². The zero-order chi connectivity index (χ0) is 13.7. The van der Waals surface area contributed by atoms with Gasteiger partial charge in [-0.05, 0) is 12.5 Å². The fourth-order valence-corrected chi connectivity index (χ4v) is 2.09. The molecule has 0 spiro atoms. The average molecular weight is 252 g/mol. The Kier molecular flexibility index (Phi) is 5.12. The predicted octanol–water partition coefficient (Wildman–Crippen LogP) is 1.33. The fraction of sp³-hybridized carbons (Fsp3) is 0.462. The lowest BCUT2D eigenvalue weighted by Crippen LogP contribution is -2.35. The van der Waals surface area contributed by atoms with Crippen LogP contribution in [0.5, 0.6) is 0 Å². The maximum absolute atomic E-state index is 11.9. The van der Waals surface area contributed by atoms with Crippen molar-refractivity contribution in [1.29, 1.82) is 0 Å². The minimum absolute atomic E-state index is 0.0151. The van der Waals surface area contributed by atoms with Crippen molar-refractivity contribution >= 4 is 6.03 Å². The van der Waals surface area contributed by atoms with Crippen molar-refractivity contribution in [3.05, 3.63) is 36.5 Å². The van der Waals surface area contributed by atoms with E-state index in [1.807, 2.05) is 13.0 Å². The third kappa shape index (κ3) is 2.63. The van der Waals surface area contributed by atoms with Gasteiger partial charge in [0.05, 0.1) is 13.2 Å². The number of fused-ring (bicyclic) bond motifs is 2. The number of aliphatic hydroxyl groups is 1. The Hall–Kier alpha value is -1.59. The van der Waals surface area contributed by atoms with Crippen LogP contribution in [0.15, 0.2) is 36.5 Å². The van der Waals surface area contributed by atoms with E-state index in [0.717, 1.165) is 18.3 Å². The molecule has 1 N–H and O–H groups in total. The Bertz CT molecular complexity index is 376. The number of hydroxylamine groups is 2. The molecule has 5 heteroatoms. The maximum atomic E-state index is 11.9. The minimum Gasteiger partial charge on any atom is -0.400 e. The van der Waals surface area contributed by atoms with Crippen molar-refractivity contribution < 1.29 is 14.7 Å². The van der Waals surface area contributed by atoms with Crippen LogP contribution in [0.1, 0.15) is 6.92 Å². The zero-order valence-corrected chi connectivity index (χ0v) is 10.9. The molecule has 2 rings (SSSR count). The first-order chi connectivity index (χ1) is 8.65. The Morgan fingerprint density at radius 1 is 1.67 bits per heavy atom. The smallest absolute Gasteiger partial charge is 0.344 e. The summed E-state index contributed by atoms with van der Waals surface area (Å²) < 4.78 is 0. The number of hydrogen-bond acceptors (Lipinski definition) is 3. The highest BCUT2D eigenvalue weighted by Crippen LogP contribution is 2.29. The molecule has 0 aromatic rings. The second-order valence-corrected chi connectivity index (χ2v) is 4.05. The van der Waals surface area contributed by atoms with Crippen molar-refractivity contribution in [2.75, 3.05) is 26.8 Å². The molecule has 0 aliphatic carbocycles. The topological polar surface area (TPSA) is 53.0 Å². The predicted molar refractivity (Wildman–Crippen MR) is 69.8 cm³/mol. The molecule has 2 heterocycles. The minimum atomic E-state index is -0.0700. The molecule has 1 fully saturated rings. The van der Waals surface area contributed by atoms with Crippen LogP contribution in [0, 0.1) is 0 Å². The molecule has 100 valence electrons. The number of urea groups is 1. The molecule has 5 nitrogen and oxygen atoms in total. The highest BCUT2D eigenvalue weighted by atomic mass is 16.7. The van der Waals surface area contributed by atoms with Crippen LogP contribution < -0.4 is 0 Å². The van der Waals surface area contributed by atoms with Gasteiger partial charge in [-0.15, -0.1) is 6.58 Å². The Labute approximate surface area is 108 Å². The molecule has 2 bridgehead atoms. The molecule has 0 radical (unpaired) electrons. The van der Waals surface area contributed by atoms with E-state index >= 15 is 0 Å². The zero-order valence-electron chi connectivity index (χ0n) is 10.9. The van der Waals surface area contributed by atoms with E-state index in [1.165, 1.54) is 5.06 Å². The van der Waals surface area contributed by atoms with E-state index in [1.54, 1.807) is 11.0 Å². The summed E-state index contributed by atoms with van der Waals surface area (Å²) in [7, 11) is 1.00. The molecular formula is C13H20N2O3. The maximum Gasteiger partial charge on any atom is 0.344 e.